The summed E-state index contributed by atoms with van der Waals surface area (Å²) >= 11 is 0. The minimum atomic E-state index is -0.436. The molecule has 0 aliphatic rings. The molecule has 4 aromatic rings. The molecule has 0 saturated carbocycles. The van der Waals surface area contributed by atoms with Crippen molar-refractivity contribution >= 4 is 23.3 Å². The number of nitrogens with one attached hydrogen (secondary N) is 1. The van der Waals surface area contributed by atoms with Crippen LogP contribution in [0.15, 0.2) is 109 Å². The maximum Gasteiger partial charge on any atom is 0.343 e. The van der Waals surface area contributed by atoms with Gasteiger partial charge in [0.25, 0.3) is 0 Å². The first-order valence-corrected chi connectivity index (χ1v) is 9.69. The maximum atomic E-state index is 12.4. The fourth-order valence-electron chi connectivity index (χ4n) is 2.89. The molecule has 0 aliphatic carbocycles. The van der Waals surface area contributed by atoms with Crippen LogP contribution in [0.1, 0.15) is 20.7 Å². The molecule has 0 heterocycles. The summed E-state index contributed by atoms with van der Waals surface area (Å²) < 4.78 is 10.7. The number of esters is 2. The molecule has 0 bridgehead atoms. The summed E-state index contributed by atoms with van der Waals surface area (Å²) in [5, 5.41) is 3.22. The Balaban J connectivity index is 1.40. The predicted octanol–water partition coefficient (Wildman–Crippen LogP) is 5.87. The van der Waals surface area contributed by atoms with Crippen LogP contribution in [0.5, 0.6) is 11.5 Å². The molecule has 0 fully saturated rings. The number of para-hydroxylation sites is 2. The van der Waals surface area contributed by atoms with E-state index < -0.39 is 11.9 Å². The van der Waals surface area contributed by atoms with Crippen molar-refractivity contribution in [2.75, 3.05) is 5.32 Å². The lowest BCUT2D eigenvalue weighted by atomic mass is 10.1. The third kappa shape index (κ3) is 5.36. The Kier molecular flexibility index (Phi) is 6.05. The number of carbonyl (C=O) groups excluding carboxylic acids is 2. The lowest BCUT2D eigenvalue weighted by Gasteiger charge is -2.10. The smallest absolute Gasteiger partial charge is 0.343 e. The normalized spacial score (nSPS) is 10.2. The van der Waals surface area contributed by atoms with E-state index in [-0.39, 0.29) is 0 Å². The van der Waals surface area contributed by atoms with Crippen LogP contribution in [-0.4, -0.2) is 11.9 Å². The van der Waals surface area contributed by atoms with E-state index in [1.54, 1.807) is 91.0 Å². The van der Waals surface area contributed by atoms with Gasteiger partial charge in [-0.3, -0.25) is 0 Å². The van der Waals surface area contributed by atoms with E-state index in [9.17, 15) is 9.59 Å². The van der Waals surface area contributed by atoms with E-state index in [0.29, 0.717) is 22.6 Å². The predicted molar refractivity (Wildman–Crippen MR) is 119 cm³/mol. The lowest BCUT2D eigenvalue weighted by Crippen LogP contribution is -2.09. The number of rotatable bonds is 6. The maximum absolute atomic E-state index is 12.4. The largest absolute Gasteiger partial charge is 0.423 e. The molecule has 0 unspecified atom stereocenters. The van der Waals surface area contributed by atoms with Gasteiger partial charge in [-0.25, -0.2) is 9.59 Å². The number of benzene rings is 4. The molecule has 152 valence electrons. The minimum absolute atomic E-state index is 0.427. The highest BCUT2D eigenvalue weighted by atomic mass is 16.5. The van der Waals surface area contributed by atoms with E-state index in [2.05, 4.69) is 5.32 Å². The van der Waals surface area contributed by atoms with Gasteiger partial charge >= 0.3 is 11.9 Å². The molecule has 0 aliphatic heterocycles. The van der Waals surface area contributed by atoms with Gasteiger partial charge in [-0.2, -0.15) is 0 Å². The molecule has 1 N–H and O–H groups in total. The van der Waals surface area contributed by atoms with E-state index in [0.717, 1.165) is 11.4 Å². The fraction of sp³-hybridized carbons (Fsp3) is 0. The topological polar surface area (TPSA) is 64.6 Å². The highest BCUT2D eigenvalue weighted by Gasteiger charge is 2.10. The van der Waals surface area contributed by atoms with E-state index in [1.807, 2.05) is 18.2 Å². The van der Waals surface area contributed by atoms with E-state index in [1.165, 1.54) is 0 Å². The van der Waals surface area contributed by atoms with Crippen LogP contribution in [0, 0.1) is 0 Å². The Morgan fingerprint density at radius 2 is 1.06 bits per heavy atom. The van der Waals surface area contributed by atoms with Crippen LogP contribution in [0.4, 0.5) is 11.4 Å². The first-order valence-electron chi connectivity index (χ1n) is 9.69. The van der Waals surface area contributed by atoms with Gasteiger partial charge in [0.1, 0.15) is 11.5 Å². The quantitative estimate of drug-likeness (QED) is 0.319. The third-order valence-electron chi connectivity index (χ3n) is 4.42. The molecular formula is C26H19NO4. The molecule has 0 spiro atoms. The minimum Gasteiger partial charge on any atom is -0.423 e. The van der Waals surface area contributed by atoms with Crippen molar-refractivity contribution in [3.63, 3.8) is 0 Å². The second-order valence-corrected chi connectivity index (χ2v) is 6.69. The van der Waals surface area contributed by atoms with Crippen LogP contribution in [0.2, 0.25) is 0 Å². The zero-order valence-corrected chi connectivity index (χ0v) is 16.5. The number of carbonyl (C=O) groups is 2. The summed E-state index contributed by atoms with van der Waals surface area (Å²) in [4.78, 5) is 24.6. The van der Waals surface area contributed by atoms with Crippen molar-refractivity contribution in [2.45, 2.75) is 0 Å². The zero-order valence-electron chi connectivity index (χ0n) is 16.5. The van der Waals surface area contributed by atoms with Crippen LogP contribution < -0.4 is 14.8 Å². The molecule has 4 aromatic carbocycles. The van der Waals surface area contributed by atoms with Crippen molar-refractivity contribution in [3.8, 4) is 11.5 Å². The van der Waals surface area contributed by atoms with Crippen molar-refractivity contribution < 1.29 is 19.1 Å². The molecule has 4 rings (SSSR count). The summed E-state index contributed by atoms with van der Waals surface area (Å²) in [5.74, 6) is 0.120. The summed E-state index contributed by atoms with van der Waals surface area (Å²) in [5.41, 5.74) is 2.36. The van der Waals surface area contributed by atoms with E-state index >= 15 is 0 Å². The molecule has 31 heavy (non-hydrogen) atoms. The number of ether oxygens (including phenoxy) is 2. The molecule has 0 saturated heterocycles. The Labute approximate surface area is 179 Å². The van der Waals surface area contributed by atoms with Gasteiger partial charge in [0, 0.05) is 11.4 Å². The van der Waals surface area contributed by atoms with Gasteiger partial charge in [-0.1, -0.05) is 42.5 Å². The molecule has 5 heteroatoms. The van der Waals surface area contributed by atoms with Crippen LogP contribution in [-0.2, 0) is 0 Å². The number of hydrogen-bond donors (Lipinski definition) is 1. The van der Waals surface area contributed by atoms with E-state index in [4.69, 9.17) is 9.47 Å². The highest BCUT2D eigenvalue weighted by Crippen LogP contribution is 2.20. The van der Waals surface area contributed by atoms with Gasteiger partial charge in [0.2, 0.25) is 0 Å². The first-order chi connectivity index (χ1) is 15.2. The Hall–Kier alpha value is -4.38. The number of anilines is 2. The van der Waals surface area contributed by atoms with Crippen LogP contribution in [0.3, 0.4) is 0 Å². The fourth-order valence-corrected chi connectivity index (χ4v) is 2.89. The molecule has 5 nitrogen and oxygen atoms in total. The average molecular weight is 409 g/mol. The van der Waals surface area contributed by atoms with Crippen molar-refractivity contribution in [1.82, 2.24) is 0 Å². The average Bonchev–Trinajstić information content (AvgIpc) is 2.81. The summed E-state index contributed by atoms with van der Waals surface area (Å²) in [7, 11) is 0. The van der Waals surface area contributed by atoms with Crippen LogP contribution >= 0.6 is 0 Å². The van der Waals surface area contributed by atoms with Crippen molar-refractivity contribution in [1.29, 1.82) is 0 Å². The standard InChI is InChI=1S/C26H19NO4/c28-25(30-23-10-3-1-4-11-23)19-14-16-21(17-15-19)27-22-9-7-8-20(18-22)26(29)31-24-12-5-2-6-13-24/h1-18,27H. The molecule has 0 radical (unpaired) electrons. The van der Waals surface area contributed by atoms with Crippen molar-refractivity contribution in [3.05, 3.63) is 120 Å². The van der Waals surface area contributed by atoms with Crippen molar-refractivity contribution in [2.24, 2.45) is 0 Å². The highest BCUT2D eigenvalue weighted by molar-refractivity contribution is 5.93. The summed E-state index contributed by atoms with van der Waals surface area (Å²) in [6.45, 7) is 0. The van der Waals surface area contributed by atoms with Gasteiger partial charge in [-0.05, 0) is 66.7 Å². The molecule has 0 aromatic heterocycles. The molecular weight excluding hydrogens is 390 g/mol. The van der Waals surface area contributed by atoms with Gasteiger partial charge in [0.05, 0.1) is 11.1 Å². The second-order valence-electron chi connectivity index (χ2n) is 6.69. The number of hydrogen-bond acceptors (Lipinski definition) is 5. The van der Waals surface area contributed by atoms with Gasteiger partial charge in [-0.15, -0.1) is 0 Å². The zero-order chi connectivity index (χ0) is 21.5. The third-order valence-corrected chi connectivity index (χ3v) is 4.42. The molecule has 0 atom stereocenters. The molecule has 0 amide bonds. The second kappa shape index (κ2) is 9.41. The first kappa shape index (κ1) is 19.9. The Morgan fingerprint density at radius 3 is 1.65 bits per heavy atom. The van der Waals surface area contributed by atoms with Gasteiger partial charge in [0.15, 0.2) is 0 Å². The SMILES string of the molecule is O=C(Oc1ccccc1)c1ccc(Nc2cccc(C(=O)Oc3ccccc3)c2)cc1. The summed E-state index contributed by atoms with van der Waals surface area (Å²) in [6, 6.07) is 31.8. The monoisotopic (exact) mass is 409 g/mol. The Bertz CT molecular complexity index is 1170. The Morgan fingerprint density at radius 1 is 0.516 bits per heavy atom. The lowest BCUT2D eigenvalue weighted by molar-refractivity contribution is 0.0725. The summed E-state index contributed by atoms with van der Waals surface area (Å²) in [6.07, 6.45) is 0. The van der Waals surface area contributed by atoms with Crippen LogP contribution in [0.25, 0.3) is 0 Å². The van der Waals surface area contributed by atoms with Gasteiger partial charge < -0.3 is 14.8 Å².